The number of para-hydroxylation sites is 1. The Morgan fingerprint density at radius 1 is 1.11 bits per heavy atom. The Hall–Kier alpha value is -2.42. The number of fused-ring (bicyclic) bond motifs is 1. The van der Waals surface area contributed by atoms with Crippen LogP contribution in [0.25, 0.3) is 6.08 Å². The number of hydrazine groups is 1. The highest BCUT2D eigenvalue weighted by Crippen LogP contribution is 2.27. The first-order valence-electron chi connectivity index (χ1n) is 6.43. The second-order valence-corrected chi connectivity index (χ2v) is 4.32. The summed E-state index contributed by atoms with van der Waals surface area (Å²) in [4.78, 5) is 0. The molecule has 1 aliphatic heterocycles. The maximum atomic E-state index is 5.53. The number of nitrogens with one attached hydrogen (secondary N) is 1. The average molecular weight is 252 g/mol. The third kappa shape index (κ3) is 2.40. The fourth-order valence-electron chi connectivity index (χ4n) is 2.11. The molecule has 1 aliphatic rings. The van der Waals surface area contributed by atoms with Crippen molar-refractivity contribution in [2.45, 2.75) is 6.92 Å². The monoisotopic (exact) mass is 252 g/mol. The second kappa shape index (κ2) is 5.06. The molecule has 1 N–H and O–H groups in total. The van der Waals surface area contributed by atoms with E-state index < -0.39 is 0 Å². The molecule has 96 valence electrons. The minimum atomic E-state index is 0.676. The largest absolute Gasteiger partial charge is 0.494 e. The van der Waals surface area contributed by atoms with Gasteiger partial charge in [0.15, 0.2) is 0 Å². The van der Waals surface area contributed by atoms with E-state index in [0.29, 0.717) is 6.61 Å². The molecule has 0 bridgehead atoms. The molecule has 3 nitrogen and oxygen atoms in total. The molecule has 0 radical (unpaired) electrons. The van der Waals surface area contributed by atoms with Crippen molar-refractivity contribution >= 4 is 17.5 Å². The van der Waals surface area contributed by atoms with Crippen LogP contribution in [0.2, 0.25) is 0 Å². The quantitative estimate of drug-likeness (QED) is 0.896. The van der Waals surface area contributed by atoms with E-state index in [1.165, 1.54) is 5.56 Å². The van der Waals surface area contributed by atoms with Crippen molar-refractivity contribution in [2.75, 3.05) is 17.0 Å². The van der Waals surface area contributed by atoms with E-state index in [-0.39, 0.29) is 0 Å². The average Bonchev–Trinajstić information content (AvgIpc) is 2.47. The van der Waals surface area contributed by atoms with Crippen LogP contribution in [0.1, 0.15) is 12.5 Å². The summed E-state index contributed by atoms with van der Waals surface area (Å²) in [5, 5.41) is 1.99. The van der Waals surface area contributed by atoms with Gasteiger partial charge in [0.25, 0.3) is 0 Å². The maximum absolute atomic E-state index is 5.53. The van der Waals surface area contributed by atoms with E-state index >= 15 is 0 Å². The van der Waals surface area contributed by atoms with Gasteiger partial charge in [-0.2, -0.15) is 0 Å². The molecule has 0 amide bonds. The minimum absolute atomic E-state index is 0.676. The van der Waals surface area contributed by atoms with Crippen LogP contribution in [-0.4, -0.2) is 6.61 Å². The van der Waals surface area contributed by atoms with Gasteiger partial charge in [-0.15, -0.1) is 0 Å². The van der Waals surface area contributed by atoms with Crippen molar-refractivity contribution in [3.8, 4) is 5.75 Å². The maximum Gasteiger partial charge on any atom is 0.121 e. The number of benzene rings is 2. The smallest absolute Gasteiger partial charge is 0.121 e. The van der Waals surface area contributed by atoms with Gasteiger partial charge in [-0.1, -0.05) is 24.3 Å². The van der Waals surface area contributed by atoms with Gasteiger partial charge in [0.2, 0.25) is 0 Å². The summed E-state index contributed by atoms with van der Waals surface area (Å²) in [6.07, 6.45) is 4.12. The zero-order valence-electron chi connectivity index (χ0n) is 10.8. The fourth-order valence-corrected chi connectivity index (χ4v) is 2.11. The molecule has 0 aromatic heterocycles. The van der Waals surface area contributed by atoms with E-state index in [2.05, 4.69) is 23.6 Å². The summed E-state index contributed by atoms with van der Waals surface area (Å²) >= 11 is 0. The van der Waals surface area contributed by atoms with E-state index in [1.54, 1.807) is 0 Å². The molecular weight excluding hydrogens is 236 g/mol. The van der Waals surface area contributed by atoms with Gasteiger partial charge in [0.1, 0.15) is 5.75 Å². The summed E-state index contributed by atoms with van der Waals surface area (Å²) in [7, 11) is 0. The van der Waals surface area contributed by atoms with Gasteiger partial charge in [0, 0.05) is 17.8 Å². The fraction of sp³-hybridized carbons (Fsp3) is 0.125. The summed E-state index contributed by atoms with van der Waals surface area (Å²) in [5.74, 6) is 0.883. The second-order valence-electron chi connectivity index (χ2n) is 4.32. The first-order valence-corrected chi connectivity index (χ1v) is 6.43. The van der Waals surface area contributed by atoms with Crippen LogP contribution in [0, 0.1) is 0 Å². The molecule has 0 aliphatic carbocycles. The van der Waals surface area contributed by atoms with Crippen molar-refractivity contribution in [1.29, 1.82) is 0 Å². The zero-order valence-corrected chi connectivity index (χ0v) is 10.8. The summed E-state index contributed by atoms with van der Waals surface area (Å²) in [5.41, 5.74) is 6.72. The predicted molar refractivity (Wildman–Crippen MR) is 79.2 cm³/mol. The van der Waals surface area contributed by atoms with Crippen LogP contribution in [0.5, 0.6) is 5.75 Å². The molecule has 0 saturated carbocycles. The lowest BCUT2D eigenvalue weighted by atomic mass is 10.1. The van der Waals surface area contributed by atoms with E-state index in [4.69, 9.17) is 4.74 Å². The van der Waals surface area contributed by atoms with Crippen molar-refractivity contribution in [2.24, 2.45) is 0 Å². The van der Waals surface area contributed by atoms with Gasteiger partial charge in [0.05, 0.1) is 18.0 Å². The van der Waals surface area contributed by atoms with E-state index in [1.807, 2.05) is 54.5 Å². The van der Waals surface area contributed by atoms with Crippen molar-refractivity contribution < 1.29 is 4.74 Å². The van der Waals surface area contributed by atoms with Crippen molar-refractivity contribution in [1.82, 2.24) is 0 Å². The third-order valence-corrected chi connectivity index (χ3v) is 3.01. The van der Waals surface area contributed by atoms with Crippen molar-refractivity contribution in [3.63, 3.8) is 0 Å². The van der Waals surface area contributed by atoms with Crippen LogP contribution in [0.3, 0.4) is 0 Å². The Morgan fingerprint density at radius 2 is 2.00 bits per heavy atom. The Balaban J connectivity index is 1.87. The SMILES string of the molecule is CCOc1cccc(N2C=Cc3ccccc3N2)c1. The van der Waals surface area contributed by atoms with Gasteiger partial charge < -0.3 is 4.74 Å². The summed E-state index contributed by atoms with van der Waals surface area (Å²) in [6, 6.07) is 16.3. The number of hydrogen-bond acceptors (Lipinski definition) is 3. The zero-order chi connectivity index (χ0) is 13.1. The number of hydrogen-bond donors (Lipinski definition) is 1. The lowest BCUT2D eigenvalue weighted by Crippen LogP contribution is -2.26. The van der Waals surface area contributed by atoms with Gasteiger partial charge in [-0.25, -0.2) is 0 Å². The van der Waals surface area contributed by atoms with Gasteiger partial charge in [-0.05, 0) is 31.2 Å². The molecule has 0 atom stereocenters. The Labute approximate surface area is 113 Å². The topological polar surface area (TPSA) is 24.5 Å². The lowest BCUT2D eigenvalue weighted by Gasteiger charge is -2.27. The molecule has 0 fully saturated rings. The highest BCUT2D eigenvalue weighted by molar-refractivity contribution is 5.75. The summed E-state index contributed by atoms with van der Waals surface area (Å²) in [6.45, 7) is 2.66. The van der Waals surface area contributed by atoms with Crippen LogP contribution < -0.4 is 15.2 Å². The first-order chi connectivity index (χ1) is 9.36. The highest BCUT2D eigenvalue weighted by Gasteiger charge is 2.10. The van der Waals surface area contributed by atoms with E-state index in [0.717, 1.165) is 17.1 Å². The molecule has 2 aromatic carbocycles. The van der Waals surface area contributed by atoms with Crippen LogP contribution >= 0.6 is 0 Å². The Kier molecular flexibility index (Phi) is 3.11. The lowest BCUT2D eigenvalue weighted by molar-refractivity contribution is 0.340. The van der Waals surface area contributed by atoms with Gasteiger partial charge in [-0.3, -0.25) is 10.4 Å². The normalized spacial score (nSPS) is 12.8. The number of anilines is 2. The molecule has 0 spiro atoms. The Bertz CT molecular complexity index is 607. The minimum Gasteiger partial charge on any atom is -0.494 e. The van der Waals surface area contributed by atoms with Crippen LogP contribution in [0.4, 0.5) is 11.4 Å². The predicted octanol–water partition coefficient (Wildman–Crippen LogP) is 3.90. The molecule has 0 unspecified atom stereocenters. The first kappa shape index (κ1) is 11.7. The van der Waals surface area contributed by atoms with Crippen LogP contribution in [0.15, 0.2) is 54.7 Å². The van der Waals surface area contributed by atoms with E-state index in [9.17, 15) is 0 Å². The highest BCUT2D eigenvalue weighted by atomic mass is 16.5. The molecule has 1 heterocycles. The molecule has 0 saturated heterocycles. The number of ether oxygens (including phenoxy) is 1. The van der Waals surface area contributed by atoms with Crippen LogP contribution in [-0.2, 0) is 0 Å². The molecular formula is C16H16N2O. The molecule has 19 heavy (non-hydrogen) atoms. The van der Waals surface area contributed by atoms with Gasteiger partial charge >= 0.3 is 0 Å². The Morgan fingerprint density at radius 3 is 2.89 bits per heavy atom. The number of nitrogens with zero attached hydrogens (tertiary/aromatic N) is 1. The van der Waals surface area contributed by atoms with Crippen molar-refractivity contribution in [3.05, 3.63) is 60.3 Å². The molecule has 3 heteroatoms. The third-order valence-electron chi connectivity index (χ3n) is 3.01. The molecule has 3 rings (SSSR count). The number of rotatable bonds is 3. The molecule has 2 aromatic rings. The standard InChI is InChI=1S/C16H16N2O/c1-2-19-15-8-5-7-14(12-15)18-11-10-13-6-3-4-9-16(13)17-18/h3-12,17H,2H2,1H3. The summed E-state index contributed by atoms with van der Waals surface area (Å²) < 4.78 is 5.53.